The van der Waals surface area contributed by atoms with Crippen molar-refractivity contribution >= 4 is 25.3 Å². The summed E-state index contributed by atoms with van der Waals surface area (Å²) < 4.78 is 13.7. The van der Waals surface area contributed by atoms with Crippen molar-refractivity contribution in [3.63, 3.8) is 0 Å². The molecule has 0 aliphatic rings. The Balaban J connectivity index is 1.92. The fourth-order valence-electron chi connectivity index (χ4n) is 3.09. The molecule has 0 atom stereocenters. The third-order valence-corrected chi connectivity index (χ3v) is 10.3. The fourth-order valence-corrected chi connectivity index (χ4v) is 3.99. The van der Waals surface area contributed by atoms with Crippen molar-refractivity contribution in [3.8, 4) is 28.4 Å². The lowest BCUT2D eigenvalue weighted by Gasteiger charge is -2.36. The first-order valence-corrected chi connectivity index (χ1v) is 13.5. The van der Waals surface area contributed by atoms with Crippen LogP contribution >= 0.6 is 0 Å². The number of pyridine rings is 2. The summed E-state index contributed by atoms with van der Waals surface area (Å²) in [6.45, 7) is 11.0. The summed E-state index contributed by atoms with van der Waals surface area (Å²) in [5.74, 6) is 1.81. The highest BCUT2D eigenvalue weighted by Crippen LogP contribution is 2.37. The van der Waals surface area contributed by atoms with Crippen LogP contribution in [0.1, 0.15) is 20.8 Å². The average Bonchev–Trinajstić information content (AvgIpc) is 3.10. The average molecular weight is 448 g/mol. The number of nitrogens with zero attached hydrogens (tertiary/aromatic N) is 4. The molecule has 166 valence electrons. The molecule has 4 rings (SSSR count). The minimum atomic E-state index is -2.21. The highest BCUT2D eigenvalue weighted by molar-refractivity contribution is 6.74. The number of hydrogen-bond acceptors (Lipinski definition) is 6. The molecule has 0 radical (unpaired) electrons. The SMILES string of the molecule is COc1ccc(-c2ccc3nc(-c4cccnc4N)n(O[Si](C)(C)C(C)(C)C)c3n2)cc1. The zero-order valence-corrected chi connectivity index (χ0v) is 20.4. The Hall–Kier alpha value is -3.39. The van der Waals surface area contributed by atoms with Gasteiger partial charge >= 0.3 is 0 Å². The number of hydrogen-bond donors (Lipinski definition) is 1. The number of fused-ring (bicyclic) bond motifs is 1. The Kier molecular flexibility index (Phi) is 5.42. The molecule has 0 bridgehead atoms. The van der Waals surface area contributed by atoms with Gasteiger partial charge in [-0.1, -0.05) is 20.8 Å². The molecule has 1 aromatic carbocycles. The van der Waals surface area contributed by atoms with E-state index in [0.717, 1.165) is 28.1 Å². The molecule has 0 fully saturated rings. The van der Waals surface area contributed by atoms with Gasteiger partial charge in [0, 0.05) is 11.8 Å². The molecular formula is C24H29N5O2Si. The summed E-state index contributed by atoms with van der Waals surface area (Å²) in [6.07, 6.45) is 1.67. The molecule has 0 amide bonds. The number of nitrogen functional groups attached to an aromatic ring is 1. The van der Waals surface area contributed by atoms with Crippen LogP contribution < -0.4 is 15.0 Å². The van der Waals surface area contributed by atoms with E-state index in [2.05, 4.69) is 38.8 Å². The number of ether oxygens (including phenoxy) is 1. The van der Waals surface area contributed by atoms with E-state index < -0.39 is 8.32 Å². The predicted octanol–water partition coefficient (Wildman–Crippen LogP) is 5.18. The van der Waals surface area contributed by atoms with E-state index in [9.17, 15) is 0 Å². The molecule has 0 unspecified atom stereocenters. The number of rotatable bonds is 5. The summed E-state index contributed by atoms with van der Waals surface area (Å²) >= 11 is 0. The lowest BCUT2D eigenvalue weighted by molar-refractivity contribution is 0.264. The van der Waals surface area contributed by atoms with Gasteiger partial charge < -0.3 is 15.0 Å². The van der Waals surface area contributed by atoms with Gasteiger partial charge in [0.15, 0.2) is 11.5 Å². The van der Waals surface area contributed by atoms with Crippen LogP contribution in [0.15, 0.2) is 54.7 Å². The van der Waals surface area contributed by atoms with E-state index in [0.29, 0.717) is 17.3 Å². The van der Waals surface area contributed by atoms with Crippen LogP contribution in [0.3, 0.4) is 0 Å². The number of methoxy groups -OCH3 is 1. The van der Waals surface area contributed by atoms with Crippen molar-refractivity contribution < 1.29 is 9.26 Å². The van der Waals surface area contributed by atoms with E-state index in [-0.39, 0.29) is 5.04 Å². The first-order valence-electron chi connectivity index (χ1n) is 10.5. The van der Waals surface area contributed by atoms with Crippen LogP contribution in [0.4, 0.5) is 5.82 Å². The molecule has 0 spiro atoms. The van der Waals surface area contributed by atoms with Crippen LogP contribution in [0, 0.1) is 0 Å². The predicted molar refractivity (Wildman–Crippen MR) is 131 cm³/mol. The van der Waals surface area contributed by atoms with Crippen LogP contribution in [0.5, 0.6) is 5.75 Å². The van der Waals surface area contributed by atoms with Gasteiger partial charge in [0.25, 0.3) is 8.32 Å². The maximum atomic E-state index is 6.71. The number of nitrogens with two attached hydrogens (primary N) is 1. The number of benzene rings is 1. The molecule has 7 nitrogen and oxygen atoms in total. The quantitative estimate of drug-likeness (QED) is 0.424. The van der Waals surface area contributed by atoms with Gasteiger partial charge in [-0.05, 0) is 66.7 Å². The second-order valence-electron chi connectivity index (χ2n) is 9.29. The van der Waals surface area contributed by atoms with Crippen molar-refractivity contribution in [2.75, 3.05) is 12.8 Å². The molecule has 0 saturated carbocycles. The second-order valence-corrected chi connectivity index (χ2v) is 14.0. The Morgan fingerprint density at radius 3 is 2.31 bits per heavy atom. The fraction of sp³-hybridized carbons (Fsp3) is 0.292. The van der Waals surface area contributed by atoms with Crippen molar-refractivity contribution in [1.29, 1.82) is 0 Å². The minimum Gasteiger partial charge on any atom is -0.497 e. The Bertz CT molecular complexity index is 1260. The normalized spacial score (nSPS) is 12.2. The van der Waals surface area contributed by atoms with E-state index in [1.54, 1.807) is 18.0 Å². The minimum absolute atomic E-state index is 0.00502. The van der Waals surface area contributed by atoms with Crippen LogP contribution in [-0.2, 0) is 0 Å². The first-order chi connectivity index (χ1) is 15.1. The third-order valence-electron chi connectivity index (χ3n) is 6.06. The van der Waals surface area contributed by atoms with Gasteiger partial charge in [0.2, 0.25) is 0 Å². The van der Waals surface area contributed by atoms with E-state index in [1.165, 1.54) is 0 Å². The number of imidazole rings is 1. The first kappa shape index (κ1) is 21.8. The van der Waals surface area contributed by atoms with Crippen molar-refractivity contribution in [3.05, 3.63) is 54.7 Å². The standard InChI is InChI=1S/C24H29N5O2Si/c1-24(2,3)32(5,6)31-29-22(18-8-7-15-26-21(18)25)28-20-14-13-19(27-23(20)29)16-9-11-17(30-4)12-10-16/h7-15H,1-6H3,(H2,25,26). The third kappa shape index (κ3) is 3.93. The maximum absolute atomic E-state index is 6.71. The van der Waals surface area contributed by atoms with Gasteiger partial charge in [0.1, 0.15) is 17.1 Å². The number of aromatic nitrogens is 4. The smallest absolute Gasteiger partial charge is 0.284 e. The molecule has 0 aliphatic heterocycles. The van der Waals surface area contributed by atoms with Gasteiger partial charge in [-0.25, -0.2) is 15.0 Å². The zero-order chi connectivity index (χ0) is 23.1. The topological polar surface area (TPSA) is 88.1 Å². The Morgan fingerprint density at radius 1 is 0.969 bits per heavy atom. The summed E-state index contributed by atoms with van der Waals surface area (Å²) in [5, 5.41) is -0.00502. The van der Waals surface area contributed by atoms with Crippen LogP contribution in [-0.4, -0.2) is 35.1 Å². The van der Waals surface area contributed by atoms with Gasteiger partial charge in [-0.3, -0.25) is 0 Å². The summed E-state index contributed by atoms with van der Waals surface area (Å²) in [5.41, 5.74) is 10.1. The van der Waals surface area contributed by atoms with Crippen LogP contribution in [0.25, 0.3) is 33.8 Å². The molecule has 8 heteroatoms. The zero-order valence-electron chi connectivity index (χ0n) is 19.4. The summed E-state index contributed by atoms with van der Waals surface area (Å²) in [7, 11) is -0.558. The van der Waals surface area contributed by atoms with Gasteiger partial charge in [-0.2, -0.15) is 4.73 Å². The molecule has 3 aromatic heterocycles. The maximum Gasteiger partial charge on any atom is 0.284 e. The summed E-state index contributed by atoms with van der Waals surface area (Å²) in [4.78, 5) is 14.0. The Morgan fingerprint density at radius 2 is 1.69 bits per heavy atom. The Labute approximate surface area is 189 Å². The monoisotopic (exact) mass is 447 g/mol. The lowest BCUT2D eigenvalue weighted by atomic mass is 10.1. The van der Waals surface area contributed by atoms with E-state index in [1.807, 2.05) is 48.5 Å². The second kappa shape index (κ2) is 7.94. The van der Waals surface area contributed by atoms with Gasteiger partial charge in [-0.15, -0.1) is 0 Å². The number of anilines is 1. The van der Waals surface area contributed by atoms with Gasteiger partial charge in [0.05, 0.1) is 18.4 Å². The highest BCUT2D eigenvalue weighted by atomic mass is 28.4. The van der Waals surface area contributed by atoms with Crippen LogP contribution in [0.2, 0.25) is 18.1 Å². The van der Waals surface area contributed by atoms with Crippen molar-refractivity contribution in [2.24, 2.45) is 0 Å². The lowest BCUT2D eigenvalue weighted by Crippen LogP contribution is -2.48. The highest BCUT2D eigenvalue weighted by Gasteiger charge is 2.41. The largest absolute Gasteiger partial charge is 0.497 e. The van der Waals surface area contributed by atoms with E-state index >= 15 is 0 Å². The molecule has 2 N–H and O–H groups in total. The molecule has 3 heterocycles. The van der Waals surface area contributed by atoms with Crippen molar-refractivity contribution in [1.82, 2.24) is 19.7 Å². The summed E-state index contributed by atoms with van der Waals surface area (Å²) in [6, 6.07) is 15.5. The molecule has 0 saturated heterocycles. The van der Waals surface area contributed by atoms with Crippen molar-refractivity contribution in [2.45, 2.75) is 38.9 Å². The molecule has 4 aromatic rings. The molecular weight excluding hydrogens is 418 g/mol. The van der Waals surface area contributed by atoms with E-state index in [4.69, 9.17) is 25.0 Å². The molecule has 0 aliphatic carbocycles. The molecule has 32 heavy (non-hydrogen) atoms.